The van der Waals surface area contributed by atoms with Gasteiger partial charge in [0, 0.05) is 20.6 Å². The zero-order valence-electron chi connectivity index (χ0n) is 15.4. The number of rotatable bonds is 9. The van der Waals surface area contributed by atoms with Crippen LogP contribution < -0.4 is 5.32 Å². The molecule has 1 rings (SSSR count). The lowest BCUT2D eigenvalue weighted by Crippen LogP contribution is -2.40. The Morgan fingerprint density at radius 1 is 1.00 bits per heavy atom. The van der Waals surface area contributed by atoms with Crippen molar-refractivity contribution in [3.05, 3.63) is 23.8 Å². The van der Waals surface area contributed by atoms with E-state index in [-0.39, 0.29) is 59.3 Å². The number of ether oxygens (including phenoxy) is 2. The van der Waals surface area contributed by atoms with Gasteiger partial charge in [-0.2, -0.15) is 0 Å². The van der Waals surface area contributed by atoms with Gasteiger partial charge in [-0.1, -0.05) is 42.7 Å². The molecule has 0 fully saturated rings. The summed E-state index contributed by atoms with van der Waals surface area (Å²) in [5.41, 5.74) is 0.661. The molecule has 1 atom stereocenters. The van der Waals surface area contributed by atoms with Crippen molar-refractivity contribution < 1.29 is 29.3 Å². The minimum atomic E-state index is -0.614. The van der Waals surface area contributed by atoms with Gasteiger partial charge in [0.25, 0.3) is 0 Å². The smallest absolute Gasteiger partial charge is 0.217 e. The molecule has 0 saturated heterocycles. The molecular weight excluding hydrogens is 374 g/mol. The molecule has 174 valence electrons. The first kappa shape index (κ1) is 37.6. The van der Waals surface area contributed by atoms with Gasteiger partial charge < -0.3 is 25.0 Å². The van der Waals surface area contributed by atoms with Crippen LogP contribution in [0.4, 0.5) is 0 Å². The summed E-state index contributed by atoms with van der Waals surface area (Å²) < 4.78 is 9.86. The van der Waals surface area contributed by atoms with Crippen LogP contribution >= 0.6 is 0 Å². The van der Waals surface area contributed by atoms with Crippen LogP contribution in [0.2, 0.25) is 0 Å². The number of benzene rings is 1. The zero-order chi connectivity index (χ0) is 19.2. The molecule has 3 N–H and O–H groups in total. The highest BCUT2D eigenvalue weighted by molar-refractivity contribution is 5.86. The van der Waals surface area contributed by atoms with Crippen LogP contribution in [0.15, 0.2) is 18.2 Å². The van der Waals surface area contributed by atoms with E-state index in [9.17, 15) is 14.7 Å². The lowest BCUT2D eigenvalue weighted by molar-refractivity contribution is -0.125. The van der Waals surface area contributed by atoms with Gasteiger partial charge in [-0.15, -0.1) is 0 Å². The number of Topliss-reactive ketones (excluding diaryl/α,β-unsaturated/α-hetero) is 1. The maximum Gasteiger partial charge on any atom is 0.217 e. The minimum Gasteiger partial charge on any atom is -0.504 e. The molecule has 0 heterocycles. The van der Waals surface area contributed by atoms with Crippen molar-refractivity contribution in [2.45, 2.75) is 69.4 Å². The van der Waals surface area contributed by atoms with Gasteiger partial charge in [0.1, 0.15) is 0 Å². The molecule has 1 aromatic carbocycles. The van der Waals surface area contributed by atoms with Crippen LogP contribution in [0.25, 0.3) is 0 Å². The molecule has 0 aliphatic carbocycles. The Morgan fingerprint density at radius 3 is 2.00 bits per heavy atom. The van der Waals surface area contributed by atoms with Gasteiger partial charge in [-0.25, -0.2) is 0 Å². The second-order valence-electron chi connectivity index (χ2n) is 5.50. The van der Waals surface area contributed by atoms with Crippen molar-refractivity contribution in [3.63, 3.8) is 0 Å². The van der Waals surface area contributed by atoms with Gasteiger partial charge in [-0.05, 0) is 37.5 Å². The van der Waals surface area contributed by atoms with Crippen molar-refractivity contribution in [2.24, 2.45) is 0 Å². The molecule has 0 saturated carbocycles. The number of ketones is 1. The van der Waals surface area contributed by atoms with Crippen molar-refractivity contribution >= 4 is 11.7 Å². The van der Waals surface area contributed by atoms with Crippen LogP contribution in [-0.2, 0) is 25.5 Å². The summed E-state index contributed by atoms with van der Waals surface area (Å²) in [5.74, 6) is -0.902. The van der Waals surface area contributed by atoms with Crippen LogP contribution in [0.5, 0.6) is 11.5 Å². The number of hydrogen-bond acceptors (Lipinski definition) is 6. The lowest BCUT2D eigenvalue weighted by atomic mass is 10.0. The minimum absolute atomic E-state index is 0. The maximum atomic E-state index is 11.3. The summed E-state index contributed by atoms with van der Waals surface area (Å²) in [7, 11) is 1.68. The summed E-state index contributed by atoms with van der Waals surface area (Å²) in [4.78, 5) is 22.2. The third-order valence-electron chi connectivity index (χ3n) is 3.13. The van der Waals surface area contributed by atoms with E-state index in [2.05, 4.69) is 12.2 Å². The fourth-order valence-electron chi connectivity index (χ4n) is 1.86. The maximum absolute atomic E-state index is 11.3. The van der Waals surface area contributed by atoms with E-state index in [0.29, 0.717) is 12.2 Å². The lowest BCUT2D eigenvalue weighted by Gasteiger charge is -2.14. The average molecular weight is 420 g/mol. The van der Waals surface area contributed by atoms with Gasteiger partial charge in [0.2, 0.25) is 5.91 Å². The number of phenols is 2. The van der Waals surface area contributed by atoms with Crippen molar-refractivity contribution in [1.82, 2.24) is 5.32 Å². The fourth-order valence-corrected chi connectivity index (χ4v) is 1.86. The van der Waals surface area contributed by atoms with Crippen molar-refractivity contribution in [1.29, 1.82) is 0 Å². The Balaban J connectivity index is -0.000000140. The predicted octanol–water partition coefficient (Wildman–Crippen LogP) is 4.34. The number of aromatic hydroxyl groups is 2. The first-order valence-corrected chi connectivity index (χ1v) is 8.16. The third-order valence-corrected chi connectivity index (χ3v) is 3.13. The Hall–Kier alpha value is -2.12. The van der Waals surface area contributed by atoms with E-state index in [1.165, 1.54) is 26.0 Å². The van der Waals surface area contributed by atoms with Crippen molar-refractivity contribution in [2.75, 3.05) is 26.9 Å². The van der Waals surface area contributed by atoms with E-state index in [1.807, 2.05) is 0 Å². The zero-order valence-corrected chi connectivity index (χ0v) is 15.4. The Morgan fingerprint density at radius 2 is 1.59 bits per heavy atom. The van der Waals surface area contributed by atoms with Crippen LogP contribution in [0.3, 0.4) is 0 Å². The molecule has 0 bridgehead atoms. The van der Waals surface area contributed by atoms with E-state index in [4.69, 9.17) is 14.6 Å². The summed E-state index contributed by atoms with van der Waals surface area (Å²) in [5, 5.41) is 21.0. The van der Waals surface area contributed by atoms with E-state index >= 15 is 0 Å². The number of phenolic OH excluding ortho intramolecular Hbond substituents is 2. The largest absolute Gasteiger partial charge is 0.504 e. The molecule has 1 unspecified atom stereocenters. The Bertz CT molecular complexity index is 528. The molecule has 0 aliphatic rings. The van der Waals surface area contributed by atoms with Crippen molar-refractivity contribution in [3.8, 4) is 11.5 Å². The number of methoxy groups -OCH3 is 1. The monoisotopic (exact) mass is 419 g/mol. The fraction of sp³-hybridized carbons (Fsp3) is 0.636. The normalized spacial score (nSPS) is 9.66. The van der Waals surface area contributed by atoms with E-state index in [1.54, 1.807) is 13.2 Å². The number of nitrogens with one attached hydrogen (secondary N) is 1. The van der Waals surface area contributed by atoms with E-state index < -0.39 is 6.04 Å². The second-order valence-corrected chi connectivity index (χ2v) is 5.50. The standard InChI is InChI=1S/C12H15NO4.C6H14O2.4CH4/c1-7(14)10(13-8(2)15)5-9-3-4-11(16)12(17)6-9;1-3-4-8-6-5-7-2;;;;/h3-4,6,10,16-17H,5H2,1-2H3,(H,13,15);3-6H2,1-2H3;4*1H4. The molecule has 0 spiro atoms. The third kappa shape index (κ3) is 19.0. The van der Waals surface area contributed by atoms with Crippen LogP contribution in [0.1, 0.15) is 62.5 Å². The first-order chi connectivity index (χ1) is 11.8. The van der Waals surface area contributed by atoms with Crippen LogP contribution in [-0.4, -0.2) is 54.9 Å². The number of hydrogen-bond donors (Lipinski definition) is 3. The second kappa shape index (κ2) is 22.2. The molecule has 29 heavy (non-hydrogen) atoms. The number of amides is 1. The van der Waals surface area contributed by atoms with Gasteiger partial charge in [0.15, 0.2) is 17.3 Å². The summed E-state index contributed by atoms with van der Waals surface area (Å²) >= 11 is 0. The SMILES string of the molecule is C.C.C.C.CC(=O)NC(Cc1ccc(O)c(O)c1)C(C)=O.CCCOCCOC. The van der Waals surface area contributed by atoms with Crippen LogP contribution in [0, 0.1) is 0 Å². The average Bonchev–Trinajstić information content (AvgIpc) is 2.54. The topological polar surface area (TPSA) is 105 Å². The quantitative estimate of drug-likeness (QED) is 0.406. The molecule has 0 radical (unpaired) electrons. The molecule has 7 heteroatoms. The summed E-state index contributed by atoms with van der Waals surface area (Å²) in [6.07, 6.45) is 1.37. The van der Waals surface area contributed by atoms with E-state index in [0.717, 1.165) is 19.6 Å². The first-order valence-electron chi connectivity index (χ1n) is 8.16. The Labute approximate surface area is 178 Å². The number of carbonyl (C=O) groups excluding carboxylic acids is 2. The van der Waals surface area contributed by atoms with Gasteiger partial charge in [0.05, 0.1) is 19.3 Å². The molecule has 0 aliphatic heterocycles. The summed E-state index contributed by atoms with van der Waals surface area (Å²) in [6.45, 7) is 7.10. The number of carbonyl (C=O) groups is 2. The molecule has 0 aromatic heterocycles. The van der Waals surface area contributed by atoms with Gasteiger partial charge >= 0.3 is 0 Å². The molecular formula is C22H45NO6. The predicted molar refractivity (Wildman–Crippen MR) is 122 cm³/mol. The Kier molecular flexibility index (Phi) is 28.8. The molecule has 7 nitrogen and oxygen atoms in total. The molecule has 1 amide bonds. The van der Waals surface area contributed by atoms with Gasteiger partial charge in [-0.3, -0.25) is 9.59 Å². The summed E-state index contributed by atoms with van der Waals surface area (Å²) in [6, 6.07) is 3.69. The highest BCUT2D eigenvalue weighted by Crippen LogP contribution is 2.25. The molecule has 1 aromatic rings. The highest BCUT2D eigenvalue weighted by Gasteiger charge is 2.16. The highest BCUT2D eigenvalue weighted by atomic mass is 16.5.